The van der Waals surface area contributed by atoms with Crippen LogP contribution in [0.15, 0.2) is 34.2 Å². The Morgan fingerprint density at radius 2 is 2.14 bits per heavy atom. The zero-order valence-corrected chi connectivity index (χ0v) is 19.8. The molecule has 1 unspecified atom stereocenters. The minimum atomic E-state index is -3.55. The molecule has 0 aliphatic carbocycles. The second kappa shape index (κ2) is 11.9. The number of methoxy groups -OCH3 is 1. The molecule has 1 aromatic rings. The number of sulfonamides is 1. The Hall–Kier alpha value is -0.950. The van der Waals surface area contributed by atoms with Crippen molar-refractivity contribution in [1.29, 1.82) is 0 Å². The number of rotatable bonds is 9. The molecule has 28 heavy (non-hydrogen) atoms. The fourth-order valence-electron chi connectivity index (χ4n) is 2.84. The van der Waals surface area contributed by atoms with Gasteiger partial charge in [0.05, 0.1) is 17.1 Å². The summed E-state index contributed by atoms with van der Waals surface area (Å²) < 4.78 is 37.8. The SMILES string of the molecule is CN=C(NCc1cccc(S(=O)(=O)NCCOC)c1)NCC1(C)CCCO1.I. The molecule has 0 spiro atoms. The van der Waals surface area contributed by atoms with Gasteiger partial charge in [-0.15, -0.1) is 24.0 Å². The van der Waals surface area contributed by atoms with E-state index in [0.717, 1.165) is 25.0 Å². The van der Waals surface area contributed by atoms with Crippen LogP contribution in [0.3, 0.4) is 0 Å². The maximum absolute atomic E-state index is 12.3. The third kappa shape index (κ3) is 7.82. The topological polar surface area (TPSA) is 101 Å². The highest BCUT2D eigenvalue weighted by atomic mass is 127. The molecule has 3 N–H and O–H groups in total. The van der Waals surface area contributed by atoms with Gasteiger partial charge < -0.3 is 20.1 Å². The molecule has 8 nitrogen and oxygen atoms in total. The number of guanidine groups is 1. The van der Waals surface area contributed by atoms with Gasteiger partial charge in [-0.1, -0.05) is 12.1 Å². The van der Waals surface area contributed by atoms with E-state index in [0.29, 0.717) is 25.7 Å². The quantitative estimate of drug-likeness (QED) is 0.195. The summed E-state index contributed by atoms with van der Waals surface area (Å²) in [5.74, 6) is 0.651. The summed E-state index contributed by atoms with van der Waals surface area (Å²) in [5.41, 5.74) is 0.676. The summed E-state index contributed by atoms with van der Waals surface area (Å²) in [4.78, 5) is 4.44. The van der Waals surface area contributed by atoms with Gasteiger partial charge in [0.2, 0.25) is 10.0 Å². The van der Waals surface area contributed by atoms with E-state index in [-0.39, 0.29) is 41.0 Å². The first-order valence-corrected chi connectivity index (χ1v) is 10.5. The molecule has 0 amide bonds. The average molecular weight is 526 g/mol. The van der Waals surface area contributed by atoms with Crippen LogP contribution < -0.4 is 15.4 Å². The van der Waals surface area contributed by atoms with Crippen molar-refractivity contribution in [2.24, 2.45) is 4.99 Å². The van der Waals surface area contributed by atoms with E-state index in [1.54, 1.807) is 25.2 Å². The third-order valence-corrected chi connectivity index (χ3v) is 5.88. The van der Waals surface area contributed by atoms with Gasteiger partial charge in [0, 0.05) is 40.4 Å². The minimum absolute atomic E-state index is 0. The molecule has 0 aromatic heterocycles. The predicted octanol–water partition coefficient (Wildman–Crippen LogP) is 1.46. The van der Waals surface area contributed by atoms with Gasteiger partial charge in [0.25, 0.3) is 0 Å². The summed E-state index contributed by atoms with van der Waals surface area (Å²) in [6.45, 7) is 4.57. The number of ether oxygens (including phenoxy) is 2. The first-order valence-electron chi connectivity index (χ1n) is 9.04. The average Bonchev–Trinajstić information content (AvgIpc) is 3.09. The Bertz CT molecular complexity index is 737. The molecule has 1 fully saturated rings. The van der Waals surface area contributed by atoms with Gasteiger partial charge in [-0.2, -0.15) is 0 Å². The van der Waals surface area contributed by atoms with Crippen molar-refractivity contribution >= 4 is 40.0 Å². The Kier molecular flexibility index (Phi) is 10.7. The molecule has 160 valence electrons. The number of benzene rings is 1. The maximum atomic E-state index is 12.3. The molecule has 2 rings (SSSR count). The number of halogens is 1. The van der Waals surface area contributed by atoms with Crippen molar-refractivity contribution in [2.75, 3.05) is 40.5 Å². The number of nitrogens with one attached hydrogen (secondary N) is 3. The molecule has 10 heteroatoms. The molecule has 1 saturated heterocycles. The molecule has 1 atom stereocenters. The van der Waals surface area contributed by atoms with E-state index in [1.807, 2.05) is 6.07 Å². The smallest absolute Gasteiger partial charge is 0.240 e. The van der Waals surface area contributed by atoms with Crippen molar-refractivity contribution in [2.45, 2.75) is 36.8 Å². The Labute approximate surface area is 184 Å². The van der Waals surface area contributed by atoms with Crippen LogP contribution in [0.1, 0.15) is 25.3 Å². The van der Waals surface area contributed by atoms with Crippen LogP contribution in [0.2, 0.25) is 0 Å². The maximum Gasteiger partial charge on any atom is 0.240 e. The molecule has 1 aliphatic heterocycles. The summed E-state index contributed by atoms with van der Waals surface area (Å²) in [5, 5.41) is 6.48. The number of hydrogen-bond donors (Lipinski definition) is 3. The predicted molar refractivity (Wildman–Crippen MR) is 121 cm³/mol. The monoisotopic (exact) mass is 526 g/mol. The molecule has 0 radical (unpaired) electrons. The molecule has 1 aromatic carbocycles. The molecular weight excluding hydrogens is 495 g/mol. The molecule has 0 bridgehead atoms. The molecule has 0 saturated carbocycles. The van der Waals surface area contributed by atoms with Crippen LogP contribution >= 0.6 is 24.0 Å². The van der Waals surface area contributed by atoms with Crippen molar-refractivity contribution in [3.63, 3.8) is 0 Å². The second-order valence-corrected chi connectivity index (χ2v) is 8.49. The zero-order valence-electron chi connectivity index (χ0n) is 16.7. The van der Waals surface area contributed by atoms with E-state index in [4.69, 9.17) is 9.47 Å². The summed E-state index contributed by atoms with van der Waals surface area (Å²) >= 11 is 0. The molecule has 1 heterocycles. The molecular formula is C18H31IN4O4S. The van der Waals surface area contributed by atoms with Gasteiger partial charge in [0.1, 0.15) is 0 Å². The van der Waals surface area contributed by atoms with E-state index >= 15 is 0 Å². The Morgan fingerprint density at radius 1 is 1.36 bits per heavy atom. The van der Waals surface area contributed by atoms with E-state index in [1.165, 1.54) is 7.11 Å². The standard InChI is InChI=1S/C18H30N4O4S.HI/c1-18(8-5-10-26-18)14-21-17(19-2)20-13-15-6-4-7-16(12-15)27(23,24)22-9-11-25-3;/h4,6-7,12,22H,5,8-11,13-14H2,1-3H3,(H2,19,20,21);1H. The number of hydrogen-bond acceptors (Lipinski definition) is 5. The third-order valence-electron chi connectivity index (χ3n) is 4.42. The largest absolute Gasteiger partial charge is 0.383 e. The van der Waals surface area contributed by atoms with Crippen LogP contribution in [0.4, 0.5) is 0 Å². The van der Waals surface area contributed by atoms with E-state index in [2.05, 4.69) is 27.3 Å². The van der Waals surface area contributed by atoms with Crippen molar-refractivity contribution in [3.05, 3.63) is 29.8 Å². The zero-order chi connectivity index (χ0) is 19.8. The fraction of sp³-hybridized carbons (Fsp3) is 0.611. The van der Waals surface area contributed by atoms with Gasteiger partial charge in [-0.25, -0.2) is 13.1 Å². The fourth-order valence-corrected chi connectivity index (χ4v) is 3.92. The van der Waals surface area contributed by atoms with Gasteiger partial charge >= 0.3 is 0 Å². The minimum Gasteiger partial charge on any atom is -0.383 e. The first-order chi connectivity index (χ1) is 12.9. The van der Waals surface area contributed by atoms with Crippen LogP contribution in [0.25, 0.3) is 0 Å². The second-order valence-electron chi connectivity index (χ2n) is 6.72. The van der Waals surface area contributed by atoms with Crippen molar-refractivity contribution in [3.8, 4) is 0 Å². The van der Waals surface area contributed by atoms with Gasteiger partial charge in [-0.3, -0.25) is 4.99 Å². The van der Waals surface area contributed by atoms with Gasteiger partial charge in [-0.05, 0) is 37.5 Å². The van der Waals surface area contributed by atoms with Crippen molar-refractivity contribution < 1.29 is 17.9 Å². The number of nitrogens with zero attached hydrogens (tertiary/aromatic N) is 1. The summed E-state index contributed by atoms with van der Waals surface area (Å²) in [6, 6.07) is 6.82. The van der Waals surface area contributed by atoms with Crippen LogP contribution in [0, 0.1) is 0 Å². The summed E-state index contributed by atoms with van der Waals surface area (Å²) in [6.07, 6.45) is 2.09. The summed E-state index contributed by atoms with van der Waals surface area (Å²) in [7, 11) is -0.318. The highest BCUT2D eigenvalue weighted by Crippen LogP contribution is 2.23. The van der Waals surface area contributed by atoms with E-state index in [9.17, 15) is 8.42 Å². The lowest BCUT2D eigenvalue weighted by Crippen LogP contribution is -2.45. The van der Waals surface area contributed by atoms with Crippen LogP contribution in [0.5, 0.6) is 0 Å². The first kappa shape index (κ1) is 25.1. The highest BCUT2D eigenvalue weighted by molar-refractivity contribution is 14.0. The van der Waals surface area contributed by atoms with E-state index < -0.39 is 10.0 Å². The molecule has 1 aliphatic rings. The Balaban J connectivity index is 0.00000392. The van der Waals surface area contributed by atoms with Crippen LogP contribution in [-0.2, 0) is 26.0 Å². The number of aliphatic imine (C=N–C) groups is 1. The normalized spacial score (nSPS) is 19.9. The lowest BCUT2D eigenvalue weighted by Gasteiger charge is -2.24. The Morgan fingerprint density at radius 3 is 2.79 bits per heavy atom. The van der Waals surface area contributed by atoms with Crippen LogP contribution in [-0.4, -0.2) is 60.4 Å². The van der Waals surface area contributed by atoms with Gasteiger partial charge in [0.15, 0.2) is 5.96 Å². The lowest BCUT2D eigenvalue weighted by molar-refractivity contribution is 0.0243. The lowest BCUT2D eigenvalue weighted by atomic mass is 10.0. The van der Waals surface area contributed by atoms with Crippen molar-refractivity contribution in [1.82, 2.24) is 15.4 Å². The highest BCUT2D eigenvalue weighted by Gasteiger charge is 2.29.